The summed E-state index contributed by atoms with van der Waals surface area (Å²) in [5, 5.41) is 4.24. The lowest BCUT2D eigenvalue weighted by atomic mass is 10.3. The summed E-state index contributed by atoms with van der Waals surface area (Å²) in [6, 6.07) is 0. The van der Waals surface area contributed by atoms with Gasteiger partial charge in [-0.05, 0) is 27.2 Å². The van der Waals surface area contributed by atoms with Crippen LogP contribution in [0.3, 0.4) is 0 Å². The lowest BCUT2D eigenvalue weighted by Gasteiger charge is -2.21. The molecule has 0 unspecified atom stereocenters. The van der Waals surface area contributed by atoms with Gasteiger partial charge in [-0.15, -0.1) is 0 Å². The molecule has 0 atom stereocenters. The van der Waals surface area contributed by atoms with Crippen molar-refractivity contribution in [3.8, 4) is 0 Å². The van der Waals surface area contributed by atoms with Gasteiger partial charge in [0.25, 0.3) is 0 Å². The van der Waals surface area contributed by atoms with Gasteiger partial charge in [0.2, 0.25) is 5.91 Å². The molecule has 7 heteroatoms. The molecule has 21 heavy (non-hydrogen) atoms. The number of hydrogen-bond donors (Lipinski definition) is 1. The van der Waals surface area contributed by atoms with Crippen LogP contribution in [0.1, 0.15) is 31.7 Å². The van der Waals surface area contributed by atoms with Gasteiger partial charge in [0.15, 0.2) is 0 Å². The van der Waals surface area contributed by atoms with E-state index in [1.807, 2.05) is 13.8 Å². The van der Waals surface area contributed by atoms with Gasteiger partial charge >= 0.3 is 5.97 Å². The predicted molar refractivity (Wildman–Crippen MR) is 79.6 cm³/mol. The van der Waals surface area contributed by atoms with Gasteiger partial charge in [-0.2, -0.15) is 5.10 Å². The molecule has 0 saturated carbocycles. The Morgan fingerprint density at radius 3 is 2.48 bits per heavy atom. The van der Waals surface area contributed by atoms with Crippen molar-refractivity contribution in [3.63, 3.8) is 0 Å². The first kappa shape index (κ1) is 17.0. The van der Waals surface area contributed by atoms with E-state index in [-0.39, 0.29) is 19.0 Å². The standard InChI is InChI=1S/C14H24N4O3/c1-5-7-17(9-13(20)21-6-2)12(19)8-18-11(4)14(15)10(3)16-18/h5-9,15H2,1-4H3. The highest BCUT2D eigenvalue weighted by molar-refractivity contribution is 5.82. The number of ether oxygens (including phenoxy) is 1. The van der Waals surface area contributed by atoms with Crippen LogP contribution < -0.4 is 5.73 Å². The molecule has 1 aromatic heterocycles. The van der Waals surface area contributed by atoms with Crippen LogP contribution in [0, 0.1) is 13.8 Å². The Labute approximate surface area is 125 Å². The summed E-state index contributed by atoms with van der Waals surface area (Å²) in [7, 11) is 0. The van der Waals surface area contributed by atoms with Crippen molar-refractivity contribution in [2.45, 2.75) is 40.7 Å². The van der Waals surface area contributed by atoms with E-state index in [0.717, 1.165) is 12.1 Å². The first-order valence-corrected chi connectivity index (χ1v) is 7.13. The zero-order valence-corrected chi connectivity index (χ0v) is 13.2. The average Bonchev–Trinajstić information content (AvgIpc) is 2.66. The van der Waals surface area contributed by atoms with Gasteiger partial charge in [-0.3, -0.25) is 14.3 Å². The number of nitrogen functional groups attached to an aromatic ring is 1. The van der Waals surface area contributed by atoms with Crippen molar-refractivity contribution in [2.24, 2.45) is 0 Å². The molecule has 0 bridgehead atoms. The minimum absolute atomic E-state index is 0.0324. The number of carbonyl (C=O) groups is 2. The highest BCUT2D eigenvalue weighted by atomic mass is 16.5. The number of amides is 1. The number of rotatable bonds is 7. The fourth-order valence-electron chi connectivity index (χ4n) is 2.02. The van der Waals surface area contributed by atoms with Crippen molar-refractivity contribution in [2.75, 3.05) is 25.4 Å². The fourth-order valence-corrected chi connectivity index (χ4v) is 2.02. The van der Waals surface area contributed by atoms with E-state index >= 15 is 0 Å². The van der Waals surface area contributed by atoms with Crippen molar-refractivity contribution in [1.29, 1.82) is 0 Å². The van der Waals surface area contributed by atoms with Crippen molar-refractivity contribution < 1.29 is 14.3 Å². The van der Waals surface area contributed by atoms with Crippen LogP contribution in [0.5, 0.6) is 0 Å². The molecule has 0 aliphatic rings. The molecule has 1 aromatic rings. The Balaban J connectivity index is 2.76. The first-order chi connectivity index (χ1) is 9.90. The molecule has 0 aromatic carbocycles. The minimum Gasteiger partial charge on any atom is -0.465 e. The minimum atomic E-state index is -0.396. The largest absolute Gasteiger partial charge is 0.465 e. The molecule has 1 heterocycles. The van der Waals surface area contributed by atoms with E-state index in [9.17, 15) is 9.59 Å². The van der Waals surface area contributed by atoms with Crippen LogP contribution in [0.2, 0.25) is 0 Å². The van der Waals surface area contributed by atoms with Crippen LogP contribution in [0.4, 0.5) is 5.69 Å². The number of nitrogens with zero attached hydrogens (tertiary/aromatic N) is 3. The molecule has 0 aliphatic carbocycles. The van der Waals surface area contributed by atoms with E-state index in [0.29, 0.717) is 24.5 Å². The van der Waals surface area contributed by atoms with Crippen LogP contribution >= 0.6 is 0 Å². The monoisotopic (exact) mass is 296 g/mol. The SMILES string of the molecule is CCCN(CC(=O)OCC)C(=O)Cn1nc(C)c(N)c1C. The van der Waals surface area contributed by atoms with Gasteiger partial charge in [0, 0.05) is 6.54 Å². The molecule has 0 fully saturated rings. The number of carbonyl (C=O) groups excluding carboxylic acids is 2. The normalized spacial score (nSPS) is 10.5. The van der Waals surface area contributed by atoms with Gasteiger partial charge in [-0.1, -0.05) is 6.92 Å². The van der Waals surface area contributed by atoms with Crippen molar-refractivity contribution in [3.05, 3.63) is 11.4 Å². The van der Waals surface area contributed by atoms with Crippen LogP contribution in [0.25, 0.3) is 0 Å². The maximum atomic E-state index is 12.3. The quantitative estimate of drug-likeness (QED) is 0.754. The van der Waals surface area contributed by atoms with Gasteiger partial charge < -0.3 is 15.4 Å². The molecule has 0 radical (unpaired) electrons. The van der Waals surface area contributed by atoms with Crippen molar-refractivity contribution in [1.82, 2.24) is 14.7 Å². The molecule has 1 amide bonds. The van der Waals surface area contributed by atoms with Gasteiger partial charge in [0.1, 0.15) is 13.1 Å². The van der Waals surface area contributed by atoms with E-state index in [4.69, 9.17) is 10.5 Å². The van der Waals surface area contributed by atoms with Gasteiger partial charge in [0.05, 0.1) is 23.7 Å². The number of esters is 1. The number of aryl methyl sites for hydroxylation is 1. The van der Waals surface area contributed by atoms with Crippen molar-refractivity contribution >= 4 is 17.6 Å². The summed E-state index contributed by atoms with van der Waals surface area (Å²) in [4.78, 5) is 25.4. The number of nitrogens with two attached hydrogens (primary N) is 1. The zero-order valence-electron chi connectivity index (χ0n) is 13.2. The highest BCUT2D eigenvalue weighted by Gasteiger charge is 2.19. The molecule has 0 aliphatic heterocycles. The fraction of sp³-hybridized carbons (Fsp3) is 0.643. The maximum absolute atomic E-state index is 12.3. The third kappa shape index (κ3) is 4.47. The Hall–Kier alpha value is -2.05. The second-order valence-corrected chi connectivity index (χ2v) is 4.86. The van der Waals surface area contributed by atoms with E-state index < -0.39 is 5.97 Å². The smallest absolute Gasteiger partial charge is 0.325 e. The summed E-state index contributed by atoms with van der Waals surface area (Å²) >= 11 is 0. The molecule has 0 saturated heterocycles. The Kier molecular flexibility index (Phi) is 6.20. The first-order valence-electron chi connectivity index (χ1n) is 7.13. The summed E-state index contributed by atoms with van der Waals surface area (Å²) in [6.07, 6.45) is 0.768. The summed E-state index contributed by atoms with van der Waals surface area (Å²) in [6.45, 7) is 8.16. The molecule has 118 valence electrons. The van der Waals surface area contributed by atoms with Crippen LogP contribution in [0.15, 0.2) is 0 Å². The molecule has 1 rings (SSSR count). The summed E-state index contributed by atoms with van der Waals surface area (Å²) in [5.74, 6) is -0.567. The van der Waals surface area contributed by atoms with Crippen LogP contribution in [-0.4, -0.2) is 46.3 Å². The highest BCUT2D eigenvalue weighted by Crippen LogP contribution is 2.14. The Morgan fingerprint density at radius 2 is 2.00 bits per heavy atom. The molecule has 2 N–H and O–H groups in total. The number of hydrogen-bond acceptors (Lipinski definition) is 5. The molecular weight excluding hydrogens is 272 g/mol. The lowest BCUT2D eigenvalue weighted by Crippen LogP contribution is -2.39. The second-order valence-electron chi connectivity index (χ2n) is 4.86. The maximum Gasteiger partial charge on any atom is 0.325 e. The number of anilines is 1. The van der Waals surface area contributed by atoms with E-state index in [1.165, 1.54) is 4.90 Å². The lowest BCUT2D eigenvalue weighted by molar-refractivity contribution is -0.149. The zero-order chi connectivity index (χ0) is 16.0. The Bertz CT molecular complexity index is 511. The van der Waals surface area contributed by atoms with Gasteiger partial charge in [-0.25, -0.2) is 0 Å². The molecular formula is C14H24N4O3. The topological polar surface area (TPSA) is 90.5 Å². The van der Waals surface area contributed by atoms with E-state index in [1.54, 1.807) is 18.5 Å². The third-order valence-corrected chi connectivity index (χ3v) is 3.19. The molecule has 7 nitrogen and oxygen atoms in total. The number of aromatic nitrogens is 2. The third-order valence-electron chi connectivity index (χ3n) is 3.19. The summed E-state index contributed by atoms with van der Waals surface area (Å²) < 4.78 is 6.46. The second kappa shape index (κ2) is 7.66. The summed E-state index contributed by atoms with van der Waals surface area (Å²) in [5.41, 5.74) is 7.90. The Morgan fingerprint density at radius 1 is 1.33 bits per heavy atom. The molecule has 0 spiro atoms. The van der Waals surface area contributed by atoms with Crippen LogP contribution in [-0.2, 0) is 20.9 Å². The predicted octanol–water partition coefficient (Wildman–Crippen LogP) is 0.884. The average molecular weight is 296 g/mol. The van der Waals surface area contributed by atoms with E-state index in [2.05, 4.69) is 5.10 Å².